The first-order chi connectivity index (χ1) is 8.75. The summed E-state index contributed by atoms with van der Waals surface area (Å²) in [5.74, 6) is -1.93. The standard InChI is InChI=1S/C12H20N2O5/c1-3-14-6-8(4-9(14)15)11(18)13-7-12(2,19)5-10(16)17/h8,19H,3-7H2,1-2H3,(H,13,18)(H,16,17). The normalized spacial score (nSPS) is 22.2. The van der Waals surface area contributed by atoms with Crippen LogP contribution in [0.4, 0.5) is 0 Å². The maximum Gasteiger partial charge on any atom is 0.306 e. The molecule has 7 heteroatoms. The zero-order valence-corrected chi connectivity index (χ0v) is 11.2. The highest BCUT2D eigenvalue weighted by molar-refractivity contribution is 5.89. The van der Waals surface area contributed by atoms with Crippen LogP contribution >= 0.6 is 0 Å². The predicted molar refractivity (Wildman–Crippen MR) is 66.2 cm³/mol. The summed E-state index contributed by atoms with van der Waals surface area (Å²) in [7, 11) is 0. The van der Waals surface area contributed by atoms with Crippen LogP contribution in [0.2, 0.25) is 0 Å². The number of amides is 2. The third-order valence-corrected chi connectivity index (χ3v) is 3.14. The molecular formula is C12H20N2O5. The Morgan fingerprint density at radius 2 is 2.16 bits per heavy atom. The third kappa shape index (κ3) is 4.51. The lowest BCUT2D eigenvalue weighted by atomic mass is 10.0. The average Bonchev–Trinajstić information content (AvgIpc) is 2.66. The van der Waals surface area contributed by atoms with Crippen molar-refractivity contribution in [3.63, 3.8) is 0 Å². The molecule has 0 bridgehead atoms. The van der Waals surface area contributed by atoms with Crippen LogP contribution in [0.15, 0.2) is 0 Å². The summed E-state index contributed by atoms with van der Waals surface area (Å²) in [6.07, 6.45) is -0.279. The summed E-state index contributed by atoms with van der Waals surface area (Å²) in [6.45, 7) is 3.99. The van der Waals surface area contributed by atoms with Gasteiger partial charge in [0.1, 0.15) is 0 Å². The molecule has 0 saturated carbocycles. The molecule has 1 aliphatic heterocycles. The average molecular weight is 272 g/mol. The van der Waals surface area contributed by atoms with E-state index in [9.17, 15) is 19.5 Å². The van der Waals surface area contributed by atoms with Crippen molar-refractivity contribution in [2.75, 3.05) is 19.6 Å². The highest BCUT2D eigenvalue weighted by Gasteiger charge is 2.34. The van der Waals surface area contributed by atoms with Crippen LogP contribution in [0.5, 0.6) is 0 Å². The fourth-order valence-electron chi connectivity index (χ4n) is 2.06. The Balaban J connectivity index is 2.44. The highest BCUT2D eigenvalue weighted by Crippen LogP contribution is 2.17. The molecule has 0 aromatic rings. The summed E-state index contributed by atoms with van der Waals surface area (Å²) in [5.41, 5.74) is -1.49. The number of rotatable bonds is 6. The molecule has 1 fully saturated rings. The minimum atomic E-state index is -1.49. The number of aliphatic carboxylic acids is 1. The lowest BCUT2D eigenvalue weighted by Gasteiger charge is -2.22. The number of aliphatic hydroxyl groups is 1. The lowest BCUT2D eigenvalue weighted by molar-refractivity contribution is -0.142. The molecule has 0 radical (unpaired) electrons. The van der Waals surface area contributed by atoms with E-state index in [0.717, 1.165) is 0 Å². The second kappa shape index (κ2) is 6.01. The topological polar surface area (TPSA) is 107 Å². The van der Waals surface area contributed by atoms with Crippen LogP contribution in [-0.4, -0.2) is 58.1 Å². The van der Waals surface area contributed by atoms with E-state index < -0.39 is 23.9 Å². The summed E-state index contributed by atoms with van der Waals surface area (Å²) in [5, 5.41) is 20.9. The van der Waals surface area contributed by atoms with E-state index in [-0.39, 0.29) is 24.8 Å². The van der Waals surface area contributed by atoms with Gasteiger partial charge in [-0.05, 0) is 13.8 Å². The smallest absolute Gasteiger partial charge is 0.306 e. The number of carbonyl (C=O) groups excluding carboxylic acids is 2. The number of carboxylic acid groups (broad SMARTS) is 1. The molecule has 0 aromatic carbocycles. The largest absolute Gasteiger partial charge is 0.481 e. The lowest BCUT2D eigenvalue weighted by Crippen LogP contribution is -2.44. The Kier molecular flexibility index (Phi) is 4.88. The van der Waals surface area contributed by atoms with Crippen molar-refractivity contribution in [1.29, 1.82) is 0 Å². The van der Waals surface area contributed by atoms with Crippen LogP contribution in [0.1, 0.15) is 26.7 Å². The number of nitrogens with zero attached hydrogens (tertiary/aromatic N) is 1. The molecule has 1 aliphatic rings. The minimum absolute atomic E-state index is 0.0556. The fraction of sp³-hybridized carbons (Fsp3) is 0.750. The monoisotopic (exact) mass is 272 g/mol. The number of carbonyl (C=O) groups is 3. The molecule has 2 amide bonds. The van der Waals surface area contributed by atoms with Gasteiger partial charge in [-0.2, -0.15) is 0 Å². The number of likely N-dealkylation sites (tertiary alicyclic amines) is 1. The third-order valence-electron chi connectivity index (χ3n) is 3.14. The molecule has 0 aliphatic carbocycles. The molecule has 2 atom stereocenters. The highest BCUT2D eigenvalue weighted by atomic mass is 16.4. The molecule has 1 rings (SSSR count). The van der Waals surface area contributed by atoms with E-state index in [1.54, 1.807) is 4.90 Å². The van der Waals surface area contributed by atoms with Crippen LogP contribution < -0.4 is 5.32 Å². The Bertz CT molecular complexity index is 380. The van der Waals surface area contributed by atoms with Gasteiger partial charge in [0.2, 0.25) is 11.8 Å². The van der Waals surface area contributed by atoms with Crippen molar-refractivity contribution in [2.45, 2.75) is 32.3 Å². The van der Waals surface area contributed by atoms with Gasteiger partial charge in [0.25, 0.3) is 0 Å². The molecular weight excluding hydrogens is 252 g/mol. The van der Waals surface area contributed by atoms with E-state index in [1.165, 1.54) is 6.92 Å². The maximum atomic E-state index is 11.8. The van der Waals surface area contributed by atoms with E-state index in [0.29, 0.717) is 13.1 Å². The zero-order valence-electron chi connectivity index (χ0n) is 11.2. The van der Waals surface area contributed by atoms with Crippen molar-refractivity contribution in [2.24, 2.45) is 5.92 Å². The van der Waals surface area contributed by atoms with Gasteiger partial charge in [-0.25, -0.2) is 0 Å². The molecule has 1 heterocycles. The van der Waals surface area contributed by atoms with Crippen molar-refractivity contribution in [3.05, 3.63) is 0 Å². The molecule has 108 valence electrons. The summed E-state index contributed by atoms with van der Waals surface area (Å²) in [6, 6.07) is 0. The quantitative estimate of drug-likeness (QED) is 0.586. The van der Waals surface area contributed by atoms with Crippen molar-refractivity contribution < 1.29 is 24.6 Å². The van der Waals surface area contributed by atoms with Gasteiger partial charge in [-0.3, -0.25) is 14.4 Å². The molecule has 19 heavy (non-hydrogen) atoms. The van der Waals surface area contributed by atoms with Gasteiger partial charge in [0.05, 0.1) is 17.9 Å². The summed E-state index contributed by atoms with van der Waals surface area (Å²) in [4.78, 5) is 35.4. The Morgan fingerprint density at radius 1 is 1.53 bits per heavy atom. The Morgan fingerprint density at radius 3 is 2.63 bits per heavy atom. The Labute approximate surface area is 111 Å². The SMILES string of the molecule is CCN1CC(C(=O)NCC(C)(O)CC(=O)O)CC1=O. The van der Waals surface area contributed by atoms with E-state index in [4.69, 9.17) is 5.11 Å². The van der Waals surface area contributed by atoms with Crippen molar-refractivity contribution in [3.8, 4) is 0 Å². The van der Waals surface area contributed by atoms with Gasteiger partial charge in [-0.15, -0.1) is 0 Å². The summed E-state index contributed by atoms with van der Waals surface area (Å²) < 4.78 is 0. The molecule has 2 unspecified atom stereocenters. The van der Waals surface area contributed by atoms with Crippen LogP contribution in [0.25, 0.3) is 0 Å². The number of hydrogen-bond donors (Lipinski definition) is 3. The molecule has 0 spiro atoms. The first-order valence-corrected chi connectivity index (χ1v) is 6.25. The first kappa shape index (κ1) is 15.4. The predicted octanol–water partition coefficient (Wildman–Crippen LogP) is -0.803. The minimum Gasteiger partial charge on any atom is -0.481 e. The van der Waals surface area contributed by atoms with Crippen LogP contribution in [0, 0.1) is 5.92 Å². The van der Waals surface area contributed by atoms with Crippen molar-refractivity contribution in [1.82, 2.24) is 10.2 Å². The van der Waals surface area contributed by atoms with Gasteiger partial charge < -0.3 is 20.4 Å². The van der Waals surface area contributed by atoms with Gasteiger partial charge in [0, 0.05) is 26.1 Å². The molecule has 0 aromatic heterocycles. The Hall–Kier alpha value is -1.63. The van der Waals surface area contributed by atoms with Crippen molar-refractivity contribution >= 4 is 17.8 Å². The number of nitrogens with one attached hydrogen (secondary N) is 1. The number of hydrogen-bond acceptors (Lipinski definition) is 4. The van der Waals surface area contributed by atoms with Crippen LogP contribution in [0.3, 0.4) is 0 Å². The van der Waals surface area contributed by atoms with E-state index in [1.807, 2.05) is 6.92 Å². The van der Waals surface area contributed by atoms with Gasteiger partial charge >= 0.3 is 5.97 Å². The second-order valence-electron chi connectivity index (χ2n) is 5.12. The first-order valence-electron chi connectivity index (χ1n) is 6.25. The zero-order chi connectivity index (χ0) is 14.6. The van der Waals surface area contributed by atoms with Crippen LogP contribution in [-0.2, 0) is 14.4 Å². The van der Waals surface area contributed by atoms with Gasteiger partial charge in [-0.1, -0.05) is 0 Å². The fourth-order valence-corrected chi connectivity index (χ4v) is 2.06. The molecule has 7 nitrogen and oxygen atoms in total. The van der Waals surface area contributed by atoms with E-state index >= 15 is 0 Å². The summed E-state index contributed by atoms with van der Waals surface area (Å²) >= 11 is 0. The van der Waals surface area contributed by atoms with E-state index in [2.05, 4.69) is 5.32 Å². The molecule has 1 saturated heterocycles. The second-order valence-corrected chi connectivity index (χ2v) is 5.12. The molecule has 3 N–H and O–H groups in total. The van der Waals surface area contributed by atoms with Gasteiger partial charge in [0.15, 0.2) is 0 Å². The maximum absolute atomic E-state index is 11.8. The number of carboxylic acids is 1.